The first-order chi connectivity index (χ1) is 22.2. The minimum Gasteiger partial charge on any atom is -0.445 e. The van der Waals surface area contributed by atoms with E-state index in [9.17, 15) is 19.5 Å². The van der Waals surface area contributed by atoms with Gasteiger partial charge in [0.2, 0.25) is 11.8 Å². The summed E-state index contributed by atoms with van der Waals surface area (Å²) in [6.07, 6.45) is -0.573. The Morgan fingerprint density at radius 1 is 0.913 bits per heavy atom. The maximum atomic E-state index is 14.2. The van der Waals surface area contributed by atoms with Crippen molar-refractivity contribution in [3.05, 3.63) is 126 Å². The number of hydrogen-bond acceptors (Lipinski definition) is 7. The number of aromatic nitrogens is 1. The summed E-state index contributed by atoms with van der Waals surface area (Å²) < 4.78 is 11.1. The highest BCUT2D eigenvalue weighted by Crippen LogP contribution is 2.35. The van der Waals surface area contributed by atoms with Gasteiger partial charge < -0.3 is 29.4 Å². The minimum atomic E-state index is -1.42. The number of aliphatic hydroxyl groups is 1. The zero-order valence-electron chi connectivity index (χ0n) is 26.7. The van der Waals surface area contributed by atoms with Crippen molar-refractivity contribution in [2.75, 3.05) is 13.6 Å². The van der Waals surface area contributed by atoms with Gasteiger partial charge in [-0.05, 0) is 36.0 Å². The lowest BCUT2D eigenvalue weighted by Gasteiger charge is -2.36. The first-order valence-electron chi connectivity index (χ1n) is 15.4. The Labute approximate surface area is 270 Å². The first-order valence-corrected chi connectivity index (χ1v) is 15.4. The van der Waals surface area contributed by atoms with Crippen LogP contribution in [0.5, 0.6) is 0 Å². The number of amides is 3. The summed E-state index contributed by atoms with van der Waals surface area (Å²) >= 11 is 0. The fraction of sp³-hybridized carbons (Fsp3) is 0.333. The molecule has 0 radical (unpaired) electrons. The van der Waals surface area contributed by atoms with Crippen LogP contribution in [0, 0.1) is 5.92 Å². The second-order valence-electron chi connectivity index (χ2n) is 11.5. The van der Waals surface area contributed by atoms with Gasteiger partial charge in [0.15, 0.2) is 11.8 Å². The second-order valence-corrected chi connectivity index (χ2v) is 11.5. The summed E-state index contributed by atoms with van der Waals surface area (Å²) in [6.45, 7) is 6.34. The van der Waals surface area contributed by atoms with E-state index in [-0.39, 0.29) is 36.6 Å². The quantitative estimate of drug-likeness (QED) is 0.178. The normalized spacial score (nSPS) is 13.0. The van der Waals surface area contributed by atoms with Gasteiger partial charge in [-0.25, -0.2) is 9.78 Å². The Bertz CT molecular complexity index is 1540. The molecule has 4 rings (SSSR count). The van der Waals surface area contributed by atoms with Crippen LogP contribution >= 0.6 is 0 Å². The summed E-state index contributed by atoms with van der Waals surface area (Å²) in [5.74, 6) is -0.810. The lowest BCUT2D eigenvalue weighted by Crippen LogP contribution is -2.51. The maximum absolute atomic E-state index is 14.2. The van der Waals surface area contributed by atoms with E-state index in [1.165, 1.54) is 16.1 Å². The van der Waals surface area contributed by atoms with E-state index in [2.05, 4.69) is 10.3 Å². The second kappa shape index (κ2) is 16.4. The molecule has 4 aromatic rings. The number of nitrogens with zero attached hydrogens (tertiary/aromatic N) is 3. The number of oxazole rings is 1. The molecule has 0 aliphatic rings. The van der Waals surface area contributed by atoms with Crippen LogP contribution < -0.4 is 5.32 Å². The van der Waals surface area contributed by atoms with Crippen molar-refractivity contribution in [1.29, 1.82) is 0 Å². The Balaban J connectivity index is 1.56. The topological polar surface area (TPSA) is 125 Å². The number of nitrogens with one attached hydrogen (secondary N) is 1. The largest absolute Gasteiger partial charge is 0.445 e. The van der Waals surface area contributed by atoms with Crippen LogP contribution in [0.15, 0.2) is 102 Å². The Kier molecular flexibility index (Phi) is 12.1. The zero-order chi connectivity index (χ0) is 33.1. The van der Waals surface area contributed by atoms with Gasteiger partial charge >= 0.3 is 6.09 Å². The molecule has 3 unspecified atom stereocenters. The van der Waals surface area contributed by atoms with Crippen molar-refractivity contribution in [3.8, 4) is 0 Å². The summed E-state index contributed by atoms with van der Waals surface area (Å²) in [5.41, 5.74) is 2.44. The van der Waals surface area contributed by atoms with E-state index in [4.69, 9.17) is 9.15 Å². The molecular formula is C36H42N4O6. The lowest BCUT2D eigenvalue weighted by molar-refractivity contribution is -0.139. The number of carbonyl (C=O) groups is 3. The molecule has 3 aromatic carbocycles. The molecule has 0 fully saturated rings. The molecule has 3 atom stereocenters. The van der Waals surface area contributed by atoms with Gasteiger partial charge in [0.1, 0.15) is 18.9 Å². The Morgan fingerprint density at radius 2 is 1.50 bits per heavy atom. The van der Waals surface area contributed by atoms with Crippen LogP contribution in [0.2, 0.25) is 0 Å². The molecule has 0 saturated heterocycles. The molecule has 46 heavy (non-hydrogen) atoms. The maximum Gasteiger partial charge on any atom is 0.408 e. The van der Waals surface area contributed by atoms with E-state index in [0.717, 1.165) is 11.1 Å². The zero-order valence-corrected chi connectivity index (χ0v) is 26.7. The number of benzene rings is 3. The van der Waals surface area contributed by atoms with E-state index in [1.54, 1.807) is 38.2 Å². The number of rotatable bonds is 14. The molecule has 3 amide bonds. The Morgan fingerprint density at radius 3 is 2.09 bits per heavy atom. The molecule has 10 heteroatoms. The third kappa shape index (κ3) is 9.04. The summed E-state index contributed by atoms with van der Waals surface area (Å²) in [6, 6.07) is 26.0. The van der Waals surface area contributed by atoms with Crippen LogP contribution in [0.25, 0.3) is 0 Å². The lowest BCUT2D eigenvalue weighted by atomic mass is 9.96. The van der Waals surface area contributed by atoms with Crippen LogP contribution in [-0.2, 0) is 22.7 Å². The van der Waals surface area contributed by atoms with Gasteiger partial charge in [-0.2, -0.15) is 0 Å². The van der Waals surface area contributed by atoms with Crippen molar-refractivity contribution in [3.63, 3.8) is 0 Å². The van der Waals surface area contributed by atoms with Crippen molar-refractivity contribution in [1.82, 2.24) is 20.1 Å². The summed E-state index contributed by atoms with van der Waals surface area (Å²) in [7, 11) is 1.66. The van der Waals surface area contributed by atoms with Gasteiger partial charge in [0.05, 0.1) is 6.04 Å². The molecule has 1 aromatic heterocycles. The van der Waals surface area contributed by atoms with E-state index >= 15 is 0 Å². The number of hydrogen-bond donors (Lipinski definition) is 2. The van der Waals surface area contributed by atoms with Crippen molar-refractivity contribution < 1.29 is 28.6 Å². The molecule has 0 aliphatic carbocycles. The molecule has 0 aliphatic heterocycles. The average molecular weight is 627 g/mol. The highest BCUT2D eigenvalue weighted by atomic mass is 16.5. The van der Waals surface area contributed by atoms with Gasteiger partial charge in [-0.15, -0.1) is 0 Å². The van der Waals surface area contributed by atoms with Gasteiger partial charge in [0.25, 0.3) is 5.91 Å². The first kappa shape index (κ1) is 33.9. The third-order valence-electron chi connectivity index (χ3n) is 7.51. The van der Waals surface area contributed by atoms with Crippen molar-refractivity contribution in [2.24, 2.45) is 5.92 Å². The minimum absolute atomic E-state index is 0.0363. The number of likely N-dealkylation sites (N-methyl/N-ethyl adjacent to an activating group) is 1. The molecular weight excluding hydrogens is 584 g/mol. The Hall–Kier alpha value is -4.96. The number of aliphatic hydroxyl groups excluding tert-OH is 1. The molecule has 0 bridgehead atoms. The number of alkyl carbamates (subject to hydrolysis) is 1. The van der Waals surface area contributed by atoms with Crippen LogP contribution in [0.3, 0.4) is 0 Å². The smallest absolute Gasteiger partial charge is 0.408 e. The fourth-order valence-corrected chi connectivity index (χ4v) is 5.25. The highest BCUT2D eigenvalue weighted by molar-refractivity contribution is 5.91. The van der Waals surface area contributed by atoms with E-state index in [0.29, 0.717) is 18.5 Å². The van der Waals surface area contributed by atoms with Gasteiger partial charge in [0, 0.05) is 20.1 Å². The third-order valence-corrected chi connectivity index (χ3v) is 7.51. The van der Waals surface area contributed by atoms with Crippen LogP contribution in [0.1, 0.15) is 72.4 Å². The molecule has 0 saturated carbocycles. The monoisotopic (exact) mass is 626 g/mol. The number of ether oxygens (including phenoxy) is 1. The van der Waals surface area contributed by atoms with Crippen LogP contribution in [-0.4, -0.2) is 57.4 Å². The SMILES string of the molecule is CCN(C(=O)C(CC(C)C)NC(=O)OCc1ccccc1)C(c1ccccc1)C(O)c1nc(C(=O)N(C)Cc2ccccc2)co1. The predicted molar refractivity (Wildman–Crippen MR) is 173 cm³/mol. The fourth-order valence-electron chi connectivity index (χ4n) is 5.25. The van der Waals surface area contributed by atoms with Crippen molar-refractivity contribution >= 4 is 17.9 Å². The predicted octanol–water partition coefficient (Wildman–Crippen LogP) is 5.91. The number of carbonyl (C=O) groups excluding carboxylic acids is 3. The van der Waals surface area contributed by atoms with E-state index < -0.39 is 30.2 Å². The average Bonchev–Trinajstić information content (AvgIpc) is 3.56. The summed E-state index contributed by atoms with van der Waals surface area (Å²) in [5, 5.41) is 14.5. The molecule has 10 nitrogen and oxygen atoms in total. The van der Waals surface area contributed by atoms with Gasteiger partial charge in [-0.3, -0.25) is 9.59 Å². The van der Waals surface area contributed by atoms with Crippen molar-refractivity contribution in [2.45, 2.75) is 58.5 Å². The molecule has 2 N–H and O–H groups in total. The standard InChI is InChI=1S/C36H42N4O6/c1-5-40(35(43)29(21-25(2)3)38-36(44)46-23-27-17-11-7-12-18-27)31(28-19-13-8-14-20-28)32(41)33-37-30(24-45-33)34(42)39(4)22-26-15-9-6-10-16-26/h6-20,24-25,29,31-32,41H,5,21-23H2,1-4H3,(H,38,44). The van der Waals surface area contributed by atoms with Gasteiger partial charge in [-0.1, -0.05) is 105 Å². The molecule has 1 heterocycles. The molecule has 0 spiro atoms. The summed E-state index contributed by atoms with van der Waals surface area (Å²) in [4.78, 5) is 47.6. The molecule has 242 valence electrons. The van der Waals surface area contributed by atoms with Crippen LogP contribution in [0.4, 0.5) is 4.79 Å². The van der Waals surface area contributed by atoms with E-state index in [1.807, 2.05) is 80.6 Å². The highest BCUT2D eigenvalue weighted by Gasteiger charge is 2.38.